The summed E-state index contributed by atoms with van der Waals surface area (Å²) < 4.78 is 17.6. The van der Waals surface area contributed by atoms with Crippen LogP contribution in [0.5, 0.6) is 0 Å². The number of hydrogen-bond acceptors (Lipinski definition) is 3. The van der Waals surface area contributed by atoms with Crippen molar-refractivity contribution in [3.8, 4) is 0 Å². The molecule has 0 amide bonds. The third kappa shape index (κ3) is 1.78. The van der Waals surface area contributed by atoms with Crippen LogP contribution >= 0.6 is 0 Å². The second kappa shape index (κ2) is 4.05. The second-order valence-corrected chi connectivity index (χ2v) is 6.01. The van der Waals surface area contributed by atoms with Gasteiger partial charge in [-0.15, -0.1) is 0 Å². The first-order valence-corrected chi connectivity index (χ1v) is 6.45. The zero-order chi connectivity index (χ0) is 12.8. The van der Waals surface area contributed by atoms with E-state index in [1.54, 1.807) is 7.11 Å². The Kier molecular flexibility index (Phi) is 2.73. The molecule has 1 aromatic carbocycles. The van der Waals surface area contributed by atoms with Crippen LogP contribution in [0.3, 0.4) is 0 Å². The summed E-state index contributed by atoms with van der Waals surface area (Å²) in [6, 6.07) is 10.3. The number of rotatable bonds is 2. The van der Waals surface area contributed by atoms with E-state index in [4.69, 9.17) is 14.2 Å². The summed E-state index contributed by atoms with van der Waals surface area (Å²) in [5, 5.41) is 0. The summed E-state index contributed by atoms with van der Waals surface area (Å²) in [5.74, 6) is -0.356. The van der Waals surface area contributed by atoms with Crippen molar-refractivity contribution < 1.29 is 14.2 Å². The Morgan fingerprint density at radius 2 is 1.72 bits per heavy atom. The van der Waals surface area contributed by atoms with E-state index in [1.807, 2.05) is 18.2 Å². The first-order valence-electron chi connectivity index (χ1n) is 6.45. The zero-order valence-corrected chi connectivity index (χ0v) is 11.2. The molecule has 1 aliphatic carbocycles. The fraction of sp³-hybridized carbons (Fsp3) is 0.600. The van der Waals surface area contributed by atoms with Crippen molar-refractivity contribution in [2.45, 2.75) is 31.7 Å². The van der Waals surface area contributed by atoms with Crippen molar-refractivity contribution in [3.63, 3.8) is 0 Å². The van der Waals surface area contributed by atoms with Gasteiger partial charge in [-0.2, -0.15) is 0 Å². The van der Waals surface area contributed by atoms with Crippen molar-refractivity contribution in [3.05, 3.63) is 35.9 Å². The van der Waals surface area contributed by atoms with Gasteiger partial charge < -0.3 is 14.2 Å². The van der Waals surface area contributed by atoms with Gasteiger partial charge in [0.05, 0.1) is 19.1 Å². The average molecular weight is 248 g/mol. The minimum atomic E-state index is -0.550. The first-order chi connectivity index (χ1) is 8.59. The molecular formula is C15H20O3. The second-order valence-electron chi connectivity index (χ2n) is 6.01. The third-order valence-corrected chi connectivity index (χ3v) is 3.81. The highest BCUT2D eigenvalue weighted by molar-refractivity contribution is 5.34. The molecule has 0 bridgehead atoms. The Morgan fingerprint density at radius 1 is 1.11 bits per heavy atom. The lowest BCUT2D eigenvalue weighted by Crippen LogP contribution is -2.41. The predicted octanol–water partition coefficient (Wildman–Crippen LogP) is 2.57. The Bertz CT molecular complexity index is 417. The lowest BCUT2D eigenvalue weighted by atomic mass is 9.95. The highest BCUT2D eigenvalue weighted by Crippen LogP contribution is 2.59. The SMILES string of the molecule is COC1C(c2ccccc2)C12OCC(C)(C)CO2. The monoisotopic (exact) mass is 248 g/mol. The molecule has 1 aliphatic heterocycles. The summed E-state index contributed by atoms with van der Waals surface area (Å²) in [4.78, 5) is 0. The van der Waals surface area contributed by atoms with E-state index in [1.165, 1.54) is 5.56 Å². The van der Waals surface area contributed by atoms with Crippen LogP contribution in [0.4, 0.5) is 0 Å². The molecule has 1 saturated heterocycles. The molecule has 1 heterocycles. The Morgan fingerprint density at radius 3 is 2.28 bits per heavy atom. The quantitative estimate of drug-likeness (QED) is 0.805. The van der Waals surface area contributed by atoms with Crippen LogP contribution in [-0.2, 0) is 14.2 Å². The molecule has 2 aliphatic rings. The molecule has 0 N–H and O–H groups in total. The molecule has 98 valence electrons. The normalized spacial score (nSPS) is 32.4. The van der Waals surface area contributed by atoms with Gasteiger partial charge in [0.25, 0.3) is 0 Å². The summed E-state index contributed by atoms with van der Waals surface area (Å²) in [6.45, 7) is 5.75. The van der Waals surface area contributed by atoms with Crippen LogP contribution in [0.2, 0.25) is 0 Å². The van der Waals surface area contributed by atoms with E-state index in [0.29, 0.717) is 0 Å². The maximum atomic E-state index is 6.02. The van der Waals surface area contributed by atoms with Crippen molar-refractivity contribution >= 4 is 0 Å². The Hall–Kier alpha value is -0.900. The largest absolute Gasteiger partial charge is 0.375 e. The van der Waals surface area contributed by atoms with E-state index >= 15 is 0 Å². The van der Waals surface area contributed by atoms with Gasteiger partial charge in [-0.05, 0) is 5.56 Å². The molecule has 2 fully saturated rings. The number of hydrogen-bond donors (Lipinski definition) is 0. The maximum Gasteiger partial charge on any atom is 0.205 e. The van der Waals surface area contributed by atoms with Crippen molar-refractivity contribution in [1.29, 1.82) is 0 Å². The van der Waals surface area contributed by atoms with E-state index in [-0.39, 0.29) is 17.4 Å². The van der Waals surface area contributed by atoms with Crippen LogP contribution in [0.15, 0.2) is 30.3 Å². The minimum Gasteiger partial charge on any atom is -0.375 e. The van der Waals surface area contributed by atoms with Gasteiger partial charge >= 0.3 is 0 Å². The van der Waals surface area contributed by atoms with Gasteiger partial charge in [-0.3, -0.25) is 0 Å². The summed E-state index contributed by atoms with van der Waals surface area (Å²) in [7, 11) is 1.72. The number of benzene rings is 1. The predicted molar refractivity (Wildman–Crippen MR) is 68.4 cm³/mol. The van der Waals surface area contributed by atoms with Crippen LogP contribution in [0.25, 0.3) is 0 Å². The van der Waals surface area contributed by atoms with Crippen molar-refractivity contribution in [2.75, 3.05) is 20.3 Å². The van der Waals surface area contributed by atoms with Gasteiger partial charge in [0, 0.05) is 12.5 Å². The Labute approximate surface area is 108 Å². The molecule has 2 unspecified atom stereocenters. The molecule has 1 saturated carbocycles. The summed E-state index contributed by atoms with van der Waals surface area (Å²) >= 11 is 0. The first kappa shape index (κ1) is 12.2. The van der Waals surface area contributed by atoms with Gasteiger partial charge in [-0.1, -0.05) is 44.2 Å². The lowest BCUT2D eigenvalue weighted by Gasteiger charge is -2.35. The smallest absolute Gasteiger partial charge is 0.205 e. The van der Waals surface area contributed by atoms with Crippen LogP contribution < -0.4 is 0 Å². The number of ether oxygens (including phenoxy) is 3. The van der Waals surface area contributed by atoms with Gasteiger partial charge in [0.1, 0.15) is 6.10 Å². The van der Waals surface area contributed by atoms with Crippen molar-refractivity contribution in [1.82, 2.24) is 0 Å². The fourth-order valence-electron chi connectivity index (χ4n) is 2.72. The van der Waals surface area contributed by atoms with Crippen LogP contribution in [0.1, 0.15) is 25.3 Å². The molecule has 0 aromatic heterocycles. The Balaban J connectivity index is 1.82. The lowest BCUT2D eigenvalue weighted by molar-refractivity contribution is -0.259. The van der Waals surface area contributed by atoms with E-state index in [9.17, 15) is 0 Å². The van der Waals surface area contributed by atoms with Gasteiger partial charge in [0.15, 0.2) is 0 Å². The highest BCUT2D eigenvalue weighted by atomic mass is 16.7. The standard InChI is InChI=1S/C15H20O3/c1-14(2)9-17-15(18-10-14)12(13(15)16-3)11-7-5-4-6-8-11/h4-8,12-13H,9-10H2,1-3H3. The fourth-order valence-corrected chi connectivity index (χ4v) is 2.72. The maximum absolute atomic E-state index is 6.02. The van der Waals surface area contributed by atoms with E-state index in [0.717, 1.165) is 13.2 Å². The average Bonchev–Trinajstić information content (AvgIpc) is 3.02. The molecule has 1 aromatic rings. The van der Waals surface area contributed by atoms with E-state index in [2.05, 4.69) is 26.0 Å². The van der Waals surface area contributed by atoms with Gasteiger partial charge in [-0.25, -0.2) is 0 Å². The molecule has 18 heavy (non-hydrogen) atoms. The molecule has 3 heteroatoms. The molecule has 3 rings (SSSR count). The zero-order valence-electron chi connectivity index (χ0n) is 11.2. The van der Waals surface area contributed by atoms with Gasteiger partial charge in [0.2, 0.25) is 5.79 Å². The molecule has 0 radical (unpaired) electrons. The molecular weight excluding hydrogens is 228 g/mol. The van der Waals surface area contributed by atoms with Crippen LogP contribution in [-0.4, -0.2) is 32.2 Å². The van der Waals surface area contributed by atoms with E-state index < -0.39 is 5.79 Å². The molecule has 1 spiro atoms. The topological polar surface area (TPSA) is 27.7 Å². The summed E-state index contributed by atoms with van der Waals surface area (Å²) in [5.41, 5.74) is 1.32. The van der Waals surface area contributed by atoms with Crippen LogP contribution in [0, 0.1) is 5.41 Å². The third-order valence-electron chi connectivity index (χ3n) is 3.81. The minimum absolute atomic E-state index is 0.0102. The highest BCUT2D eigenvalue weighted by Gasteiger charge is 2.71. The molecule has 3 nitrogen and oxygen atoms in total. The number of methoxy groups -OCH3 is 1. The molecule has 2 atom stereocenters. The summed E-state index contributed by atoms with van der Waals surface area (Å²) in [6.07, 6.45) is 0.0102. The van der Waals surface area contributed by atoms with Crippen molar-refractivity contribution in [2.24, 2.45) is 5.41 Å².